The van der Waals surface area contributed by atoms with Crippen molar-refractivity contribution in [2.45, 2.75) is 18.9 Å². The van der Waals surface area contributed by atoms with Crippen LogP contribution in [-0.2, 0) is 4.79 Å². The minimum atomic E-state index is -0.742. The van der Waals surface area contributed by atoms with Crippen molar-refractivity contribution in [3.05, 3.63) is 22.2 Å². The van der Waals surface area contributed by atoms with Crippen LogP contribution in [0.15, 0.2) is 16.6 Å². The van der Waals surface area contributed by atoms with Crippen LogP contribution in [0.5, 0.6) is 11.5 Å². The number of ether oxygens (including phenoxy) is 2. The smallest absolute Gasteiger partial charge is 0.307 e. The topological polar surface area (TPSA) is 67.8 Å². The van der Waals surface area contributed by atoms with E-state index in [1.165, 1.54) is 0 Å². The van der Waals surface area contributed by atoms with Crippen LogP contribution in [-0.4, -0.2) is 30.8 Å². The van der Waals surface area contributed by atoms with E-state index in [9.17, 15) is 4.79 Å². The lowest BCUT2D eigenvalue weighted by Crippen LogP contribution is -2.17. The highest BCUT2D eigenvalue weighted by molar-refractivity contribution is 9.10. The monoisotopic (exact) mass is 341 g/mol. The predicted octanol–water partition coefficient (Wildman–Crippen LogP) is 2.35. The molecule has 2 unspecified atom stereocenters. The largest absolute Gasteiger partial charge is 0.490 e. The molecule has 2 atom stereocenters. The Morgan fingerprint density at radius 2 is 2.15 bits per heavy atom. The van der Waals surface area contributed by atoms with Crippen LogP contribution in [0.1, 0.15) is 24.4 Å². The van der Waals surface area contributed by atoms with Gasteiger partial charge in [-0.3, -0.25) is 4.79 Å². The summed E-state index contributed by atoms with van der Waals surface area (Å²) in [6, 6.07) is 3.98. The van der Waals surface area contributed by atoms with E-state index in [2.05, 4.69) is 21.2 Å². The van der Waals surface area contributed by atoms with Crippen LogP contribution in [0, 0.1) is 5.92 Å². The van der Waals surface area contributed by atoms with Gasteiger partial charge in [-0.05, 0) is 40.0 Å². The number of halogens is 1. The number of aliphatic carboxylic acids is 1. The Kier molecular flexibility index (Phi) is 3.85. The number of fused-ring (bicyclic) bond motifs is 1. The average molecular weight is 342 g/mol. The van der Waals surface area contributed by atoms with E-state index >= 15 is 0 Å². The zero-order chi connectivity index (χ0) is 14.1. The van der Waals surface area contributed by atoms with Crippen LogP contribution in [0.4, 0.5) is 0 Å². The van der Waals surface area contributed by atoms with Gasteiger partial charge >= 0.3 is 5.97 Å². The predicted molar refractivity (Wildman–Crippen MR) is 76.2 cm³/mol. The Labute approximate surface area is 125 Å². The highest BCUT2D eigenvalue weighted by Crippen LogP contribution is 2.41. The molecule has 1 fully saturated rings. The molecule has 0 aromatic heterocycles. The van der Waals surface area contributed by atoms with E-state index in [1.807, 2.05) is 12.1 Å². The van der Waals surface area contributed by atoms with E-state index in [-0.39, 0.29) is 12.0 Å². The van der Waals surface area contributed by atoms with Gasteiger partial charge in [-0.25, -0.2) is 0 Å². The van der Waals surface area contributed by atoms with E-state index in [0.717, 1.165) is 28.0 Å². The summed E-state index contributed by atoms with van der Waals surface area (Å²) in [5.41, 5.74) is 1.03. The molecular weight excluding hydrogens is 326 g/mol. The standard InChI is InChI=1S/C14H16BrNO4/c15-10-4-8(11-5-9(7-16-11)14(17)18)6-12-13(10)20-3-1-2-19-12/h4,6,9,11,16H,1-3,5,7H2,(H,17,18). The van der Waals surface area contributed by atoms with E-state index in [1.54, 1.807) is 0 Å². The van der Waals surface area contributed by atoms with Crippen LogP contribution < -0.4 is 14.8 Å². The fraction of sp³-hybridized carbons (Fsp3) is 0.500. The van der Waals surface area contributed by atoms with Crippen molar-refractivity contribution in [1.82, 2.24) is 5.32 Å². The van der Waals surface area contributed by atoms with Crippen molar-refractivity contribution in [2.75, 3.05) is 19.8 Å². The van der Waals surface area contributed by atoms with Crippen LogP contribution in [0.3, 0.4) is 0 Å². The van der Waals surface area contributed by atoms with Crippen molar-refractivity contribution in [2.24, 2.45) is 5.92 Å². The number of rotatable bonds is 2. The fourth-order valence-corrected chi connectivity index (χ4v) is 3.20. The molecule has 0 spiro atoms. The summed E-state index contributed by atoms with van der Waals surface area (Å²) in [4.78, 5) is 11.0. The first-order chi connectivity index (χ1) is 9.65. The molecule has 2 N–H and O–H groups in total. The maximum absolute atomic E-state index is 11.0. The summed E-state index contributed by atoms with van der Waals surface area (Å²) in [6.45, 7) is 1.79. The van der Waals surface area contributed by atoms with Gasteiger partial charge in [-0.15, -0.1) is 0 Å². The summed E-state index contributed by atoms with van der Waals surface area (Å²) in [5, 5.41) is 12.3. The van der Waals surface area contributed by atoms with E-state index in [4.69, 9.17) is 14.6 Å². The highest BCUT2D eigenvalue weighted by Gasteiger charge is 2.31. The number of carbonyl (C=O) groups is 1. The molecule has 2 heterocycles. The normalized spacial score (nSPS) is 25.2. The van der Waals surface area contributed by atoms with Crippen molar-refractivity contribution in [3.8, 4) is 11.5 Å². The number of carboxylic acid groups (broad SMARTS) is 1. The van der Waals surface area contributed by atoms with Crippen molar-refractivity contribution in [3.63, 3.8) is 0 Å². The number of hydrogen-bond donors (Lipinski definition) is 2. The number of carboxylic acids is 1. The summed E-state index contributed by atoms with van der Waals surface area (Å²) in [7, 11) is 0. The van der Waals surface area contributed by atoms with Crippen LogP contribution >= 0.6 is 15.9 Å². The second kappa shape index (κ2) is 5.61. The Bertz CT molecular complexity index is 534. The lowest BCUT2D eigenvalue weighted by molar-refractivity contribution is -0.141. The summed E-state index contributed by atoms with van der Waals surface area (Å²) in [5.74, 6) is 0.398. The minimum absolute atomic E-state index is 0.0459. The van der Waals surface area contributed by atoms with Crippen molar-refractivity contribution in [1.29, 1.82) is 0 Å². The summed E-state index contributed by atoms with van der Waals surface area (Å²) < 4.78 is 12.2. The van der Waals surface area contributed by atoms with Gasteiger partial charge in [0.1, 0.15) is 0 Å². The zero-order valence-corrected chi connectivity index (χ0v) is 12.5. The van der Waals surface area contributed by atoms with Gasteiger partial charge in [0, 0.05) is 19.0 Å². The molecule has 5 nitrogen and oxygen atoms in total. The lowest BCUT2D eigenvalue weighted by atomic mass is 10.00. The Morgan fingerprint density at radius 3 is 2.90 bits per heavy atom. The average Bonchev–Trinajstić information content (AvgIpc) is 2.79. The van der Waals surface area contributed by atoms with Crippen LogP contribution in [0.2, 0.25) is 0 Å². The Hall–Kier alpha value is -1.27. The molecular formula is C14H16BrNO4. The second-order valence-corrected chi connectivity index (χ2v) is 5.97. The maximum atomic E-state index is 11.0. The summed E-state index contributed by atoms with van der Waals surface area (Å²) >= 11 is 3.51. The minimum Gasteiger partial charge on any atom is -0.490 e. The molecule has 0 amide bonds. The second-order valence-electron chi connectivity index (χ2n) is 5.11. The van der Waals surface area contributed by atoms with Gasteiger partial charge in [0.2, 0.25) is 0 Å². The quantitative estimate of drug-likeness (QED) is 0.864. The van der Waals surface area contributed by atoms with Gasteiger partial charge in [0.15, 0.2) is 11.5 Å². The molecule has 3 rings (SSSR count). The SMILES string of the molecule is O=C(O)C1CNC(c2cc(Br)c3c(c2)OCCCO3)C1. The fourth-order valence-electron chi connectivity index (χ4n) is 2.63. The van der Waals surface area contributed by atoms with Gasteiger partial charge in [-0.2, -0.15) is 0 Å². The molecule has 6 heteroatoms. The third kappa shape index (κ3) is 2.62. The van der Waals surface area contributed by atoms with E-state index < -0.39 is 5.97 Å². The first-order valence-corrected chi connectivity index (χ1v) is 7.49. The third-order valence-corrected chi connectivity index (χ3v) is 4.30. The maximum Gasteiger partial charge on any atom is 0.307 e. The molecule has 108 valence electrons. The molecule has 2 aliphatic rings. The zero-order valence-electron chi connectivity index (χ0n) is 10.9. The van der Waals surface area contributed by atoms with Gasteiger partial charge in [0.05, 0.1) is 23.6 Å². The van der Waals surface area contributed by atoms with Gasteiger partial charge in [0.25, 0.3) is 0 Å². The summed E-state index contributed by atoms with van der Waals surface area (Å²) in [6.07, 6.45) is 1.46. The number of nitrogens with one attached hydrogen (secondary N) is 1. The highest BCUT2D eigenvalue weighted by atomic mass is 79.9. The van der Waals surface area contributed by atoms with Gasteiger partial charge < -0.3 is 19.9 Å². The van der Waals surface area contributed by atoms with E-state index in [0.29, 0.717) is 26.2 Å². The Morgan fingerprint density at radius 1 is 1.35 bits per heavy atom. The Balaban J connectivity index is 1.86. The first-order valence-electron chi connectivity index (χ1n) is 6.70. The third-order valence-electron chi connectivity index (χ3n) is 3.71. The van der Waals surface area contributed by atoms with Crippen molar-refractivity contribution >= 4 is 21.9 Å². The molecule has 20 heavy (non-hydrogen) atoms. The molecule has 0 aliphatic carbocycles. The molecule has 0 radical (unpaired) electrons. The molecule has 1 saturated heterocycles. The molecule has 0 bridgehead atoms. The van der Waals surface area contributed by atoms with Crippen LogP contribution in [0.25, 0.3) is 0 Å². The molecule has 1 aromatic rings. The first kappa shape index (κ1) is 13.7. The molecule has 1 aromatic carbocycles. The number of hydrogen-bond acceptors (Lipinski definition) is 4. The van der Waals surface area contributed by atoms with Crippen molar-refractivity contribution < 1.29 is 19.4 Å². The molecule has 0 saturated carbocycles. The number of benzene rings is 1. The molecule has 2 aliphatic heterocycles. The lowest BCUT2D eigenvalue weighted by Gasteiger charge is -2.15. The van der Waals surface area contributed by atoms with Gasteiger partial charge in [-0.1, -0.05) is 0 Å².